The van der Waals surface area contributed by atoms with Gasteiger partial charge in [-0.1, -0.05) is 13.3 Å². The molecular formula is C9H20N2O2. The minimum atomic E-state index is -0.175. The molecule has 4 heteroatoms. The normalized spacial score (nSPS) is 10.0. The third kappa shape index (κ3) is 9.30. The highest BCUT2D eigenvalue weighted by Crippen LogP contribution is 1.87. The molecular weight excluding hydrogens is 168 g/mol. The molecule has 0 saturated heterocycles. The number of nitrogens with two attached hydrogens (primary N) is 1. The van der Waals surface area contributed by atoms with Crippen LogP contribution in [0.2, 0.25) is 0 Å². The smallest absolute Gasteiger partial charge is 0.319 e. The maximum atomic E-state index is 11.0. The van der Waals surface area contributed by atoms with Crippen molar-refractivity contribution in [1.82, 2.24) is 5.32 Å². The van der Waals surface area contributed by atoms with E-state index in [-0.39, 0.29) is 5.97 Å². The first-order valence-corrected chi connectivity index (χ1v) is 4.87. The lowest BCUT2D eigenvalue weighted by Crippen LogP contribution is -2.27. The molecule has 78 valence electrons. The zero-order chi connectivity index (χ0) is 9.94. The highest BCUT2D eigenvalue weighted by atomic mass is 16.5. The van der Waals surface area contributed by atoms with Crippen LogP contribution in [-0.4, -0.2) is 32.2 Å². The molecule has 0 rings (SSSR count). The molecule has 0 aliphatic rings. The number of carbonyl (C=O) groups excluding carboxylic acids is 1. The third-order valence-corrected chi connectivity index (χ3v) is 1.59. The van der Waals surface area contributed by atoms with Crippen LogP contribution in [0.25, 0.3) is 0 Å². The van der Waals surface area contributed by atoms with Gasteiger partial charge in [-0.3, -0.25) is 4.79 Å². The topological polar surface area (TPSA) is 64.3 Å². The summed E-state index contributed by atoms with van der Waals surface area (Å²) in [5.41, 5.74) is 5.29. The van der Waals surface area contributed by atoms with Gasteiger partial charge in [-0.25, -0.2) is 0 Å². The molecule has 0 aliphatic heterocycles. The predicted molar refractivity (Wildman–Crippen MR) is 52.4 cm³/mol. The molecule has 0 amide bonds. The van der Waals surface area contributed by atoms with Crippen molar-refractivity contribution in [1.29, 1.82) is 0 Å². The molecule has 0 aromatic carbocycles. The van der Waals surface area contributed by atoms with E-state index in [1.165, 1.54) is 0 Å². The molecule has 0 saturated carbocycles. The molecule has 13 heavy (non-hydrogen) atoms. The Morgan fingerprint density at radius 2 is 2.23 bits per heavy atom. The van der Waals surface area contributed by atoms with Crippen molar-refractivity contribution < 1.29 is 9.53 Å². The standard InChI is InChI=1S/C9H20N2O2/c1-2-3-7-13-9(12)8-11-6-4-5-10/h11H,2-8,10H2,1H3. The number of unbranched alkanes of at least 4 members (excludes halogenated alkanes) is 1. The molecule has 0 fully saturated rings. The van der Waals surface area contributed by atoms with Crippen LogP contribution in [0.15, 0.2) is 0 Å². The average molecular weight is 188 g/mol. The molecule has 0 heterocycles. The van der Waals surface area contributed by atoms with Crippen LogP contribution in [-0.2, 0) is 9.53 Å². The van der Waals surface area contributed by atoms with E-state index in [0.29, 0.717) is 19.7 Å². The Balaban J connectivity index is 3.11. The number of hydrogen-bond acceptors (Lipinski definition) is 4. The van der Waals surface area contributed by atoms with Gasteiger partial charge in [-0.2, -0.15) is 0 Å². The largest absolute Gasteiger partial charge is 0.465 e. The van der Waals surface area contributed by atoms with Gasteiger partial charge in [0.15, 0.2) is 0 Å². The van der Waals surface area contributed by atoms with Gasteiger partial charge < -0.3 is 15.8 Å². The fourth-order valence-electron chi connectivity index (χ4n) is 0.799. The molecule has 0 atom stereocenters. The second-order valence-electron chi connectivity index (χ2n) is 2.89. The van der Waals surface area contributed by atoms with Gasteiger partial charge in [0.05, 0.1) is 13.2 Å². The van der Waals surface area contributed by atoms with Crippen molar-refractivity contribution in [3.8, 4) is 0 Å². The van der Waals surface area contributed by atoms with Gasteiger partial charge in [-0.05, 0) is 25.9 Å². The quantitative estimate of drug-likeness (QED) is 0.424. The highest BCUT2D eigenvalue weighted by molar-refractivity contribution is 5.71. The van der Waals surface area contributed by atoms with Crippen LogP contribution >= 0.6 is 0 Å². The van der Waals surface area contributed by atoms with Crippen molar-refractivity contribution in [3.63, 3.8) is 0 Å². The summed E-state index contributed by atoms with van der Waals surface area (Å²) >= 11 is 0. The fourth-order valence-corrected chi connectivity index (χ4v) is 0.799. The summed E-state index contributed by atoms with van der Waals surface area (Å²) in [6.45, 7) is 4.32. The van der Waals surface area contributed by atoms with E-state index >= 15 is 0 Å². The maximum absolute atomic E-state index is 11.0. The lowest BCUT2D eigenvalue weighted by atomic mass is 10.4. The van der Waals surface area contributed by atoms with Crippen molar-refractivity contribution in [3.05, 3.63) is 0 Å². The number of nitrogens with one attached hydrogen (secondary N) is 1. The Kier molecular flexibility index (Phi) is 9.03. The Morgan fingerprint density at radius 3 is 2.85 bits per heavy atom. The lowest BCUT2D eigenvalue weighted by molar-refractivity contribution is -0.142. The zero-order valence-electron chi connectivity index (χ0n) is 8.34. The molecule has 3 N–H and O–H groups in total. The summed E-state index contributed by atoms with van der Waals surface area (Å²) in [7, 11) is 0. The second-order valence-corrected chi connectivity index (χ2v) is 2.89. The van der Waals surface area contributed by atoms with Crippen LogP contribution in [0.4, 0.5) is 0 Å². The van der Waals surface area contributed by atoms with E-state index in [4.69, 9.17) is 10.5 Å². The van der Waals surface area contributed by atoms with Crippen LogP contribution < -0.4 is 11.1 Å². The molecule has 0 unspecified atom stereocenters. The van der Waals surface area contributed by atoms with E-state index in [2.05, 4.69) is 12.2 Å². The van der Waals surface area contributed by atoms with Gasteiger partial charge in [0.1, 0.15) is 0 Å². The highest BCUT2D eigenvalue weighted by Gasteiger charge is 1.99. The Bertz CT molecular complexity index is 129. The summed E-state index contributed by atoms with van der Waals surface area (Å²) in [5.74, 6) is -0.175. The molecule has 0 bridgehead atoms. The maximum Gasteiger partial charge on any atom is 0.319 e. The first-order chi connectivity index (χ1) is 6.31. The molecule has 0 radical (unpaired) electrons. The van der Waals surface area contributed by atoms with Gasteiger partial charge in [0.25, 0.3) is 0 Å². The summed E-state index contributed by atoms with van der Waals surface area (Å²) in [5, 5.41) is 2.96. The van der Waals surface area contributed by atoms with E-state index in [1.54, 1.807) is 0 Å². The zero-order valence-corrected chi connectivity index (χ0v) is 8.34. The number of hydrogen-bond donors (Lipinski definition) is 2. The molecule has 4 nitrogen and oxygen atoms in total. The minimum Gasteiger partial charge on any atom is -0.465 e. The molecule has 0 aromatic rings. The van der Waals surface area contributed by atoms with Gasteiger partial charge in [-0.15, -0.1) is 0 Å². The van der Waals surface area contributed by atoms with E-state index in [9.17, 15) is 4.79 Å². The average Bonchev–Trinajstić information content (AvgIpc) is 2.13. The lowest BCUT2D eigenvalue weighted by Gasteiger charge is -2.04. The first-order valence-electron chi connectivity index (χ1n) is 4.87. The predicted octanol–water partition coefficient (Wildman–Crippen LogP) is 0.268. The van der Waals surface area contributed by atoms with Gasteiger partial charge in [0.2, 0.25) is 0 Å². The summed E-state index contributed by atoms with van der Waals surface area (Å²) in [6, 6.07) is 0. The Morgan fingerprint density at radius 1 is 1.46 bits per heavy atom. The van der Waals surface area contributed by atoms with Crippen LogP contribution in [0.3, 0.4) is 0 Å². The van der Waals surface area contributed by atoms with Crippen molar-refractivity contribution in [2.45, 2.75) is 26.2 Å². The monoisotopic (exact) mass is 188 g/mol. The number of esters is 1. The van der Waals surface area contributed by atoms with Gasteiger partial charge >= 0.3 is 5.97 Å². The summed E-state index contributed by atoms with van der Waals surface area (Å²) in [4.78, 5) is 11.0. The first kappa shape index (κ1) is 12.4. The number of rotatable bonds is 8. The van der Waals surface area contributed by atoms with Crippen LogP contribution in [0, 0.1) is 0 Å². The SMILES string of the molecule is CCCCOC(=O)CNCCCN. The Hall–Kier alpha value is -0.610. The van der Waals surface area contributed by atoms with E-state index in [1.807, 2.05) is 0 Å². The van der Waals surface area contributed by atoms with Crippen molar-refractivity contribution >= 4 is 5.97 Å². The van der Waals surface area contributed by atoms with Crippen molar-refractivity contribution in [2.75, 3.05) is 26.2 Å². The number of carbonyl (C=O) groups is 1. The Labute approximate surface area is 79.8 Å². The van der Waals surface area contributed by atoms with Gasteiger partial charge in [0, 0.05) is 0 Å². The van der Waals surface area contributed by atoms with Crippen LogP contribution in [0.5, 0.6) is 0 Å². The fraction of sp³-hybridized carbons (Fsp3) is 0.889. The molecule has 0 aliphatic carbocycles. The number of ether oxygens (including phenoxy) is 1. The summed E-state index contributed by atoms with van der Waals surface area (Å²) in [6.07, 6.45) is 2.88. The minimum absolute atomic E-state index is 0.175. The van der Waals surface area contributed by atoms with Crippen LogP contribution in [0.1, 0.15) is 26.2 Å². The summed E-state index contributed by atoms with van der Waals surface area (Å²) < 4.78 is 4.93. The molecule has 0 spiro atoms. The second kappa shape index (κ2) is 9.48. The third-order valence-electron chi connectivity index (χ3n) is 1.59. The van der Waals surface area contributed by atoms with E-state index < -0.39 is 0 Å². The van der Waals surface area contributed by atoms with E-state index in [0.717, 1.165) is 25.8 Å². The molecule has 0 aromatic heterocycles. The van der Waals surface area contributed by atoms with Crippen molar-refractivity contribution in [2.24, 2.45) is 5.73 Å².